The summed E-state index contributed by atoms with van der Waals surface area (Å²) in [5.41, 5.74) is 0.0871. The third kappa shape index (κ3) is 3.44. The summed E-state index contributed by atoms with van der Waals surface area (Å²) >= 11 is 3.41. The molecule has 3 aromatic rings. The Balaban J connectivity index is 1.84. The minimum atomic E-state index is -0.641. The number of benzene rings is 2. The Kier molecular flexibility index (Phi) is 4.57. The van der Waals surface area contributed by atoms with Gasteiger partial charge in [0.05, 0.1) is 7.11 Å². The lowest BCUT2D eigenvalue weighted by Gasteiger charge is -2.06. The molecule has 0 spiro atoms. The van der Waals surface area contributed by atoms with Gasteiger partial charge in [0.15, 0.2) is 0 Å². The molecule has 0 fully saturated rings. The third-order valence-electron chi connectivity index (χ3n) is 3.34. The second kappa shape index (κ2) is 6.80. The fourth-order valence-electron chi connectivity index (χ4n) is 2.18. The first kappa shape index (κ1) is 16.1. The number of carbonyl (C=O) groups excluding carboxylic acids is 2. The summed E-state index contributed by atoms with van der Waals surface area (Å²) in [5.74, 6) is -0.849. The summed E-state index contributed by atoms with van der Waals surface area (Å²) < 4.78 is 10.9. The van der Waals surface area contributed by atoms with Crippen LogP contribution >= 0.6 is 15.9 Å². The molecule has 3 rings (SSSR count). The summed E-state index contributed by atoms with van der Waals surface area (Å²) in [6, 6.07) is 15.6. The smallest absolute Gasteiger partial charge is 0.362 e. The monoisotopic (exact) mass is 385 g/mol. The molecular formula is C18H12BrNO4. The molecule has 0 atom stereocenters. The van der Waals surface area contributed by atoms with Gasteiger partial charge in [0.1, 0.15) is 17.1 Å². The van der Waals surface area contributed by atoms with Crippen molar-refractivity contribution in [2.75, 3.05) is 7.11 Å². The van der Waals surface area contributed by atoms with Crippen molar-refractivity contribution in [3.8, 4) is 5.75 Å². The number of pyridine rings is 1. The molecule has 0 aliphatic carbocycles. The van der Waals surface area contributed by atoms with Crippen molar-refractivity contribution in [1.29, 1.82) is 0 Å². The fourth-order valence-corrected chi connectivity index (χ4v) is 2.56. The molecule has 6 heteroatoms. The van der Waals surface area contributed by atoms with Gasteiger partial charge in [-0.3, -0.25) is 0 Å². The molecule has 120 valence electrons. The van der Waals surface area contributed by atoms with E-state index in [2.05, 4.69) is 25.7 Å². The molecule has 0 aliphatic rings. The van der Waals surface area contributed by atoms with Crippen LogP contribution < -0.4 is 4.74 Å². The minimum absolute atomic E-state index is 0.0359. The molecule has 1 heterocycles. The number of halogens is 1. The van der Waals surface area contributed by atoms with Gasteiger partial charge in [-0.05, 0) is 47.2 Å². The molecule has 1 aromatic heterocycles. The molecule has 0 unspecified atom stereocenters. The lowest BCUT2D eigenvalue weighted by atomic mass is 10.1. The highest BCUT2D eigenvalue weighted by molar-refractivity contribution is 9.10. The maximum Gasteiger partial charge on any atom is 0.362 e. The Morgan fingerprint density at radius 2 is 1.58 bits per heavy atom. The van der Waals surface area contributed by atoms with Gasteiger partial charge < -0.3 is 9.47 Å². The topological polar surface area (TPSA) is 65.5 Å². The third-order valence-corrected chi connectivity index (χ3v) is 3.83. The minimum Gasteiger partial charge on any atom is -0.464 e. The van der Waals surface area contributed by atoms with Crippen LogP contribution in [0.2, 0.25) is 0 Å². The molecule has 0 saturated carbocycles. The Bertz CT molecular complexity index is 939. The van der Waals surface area contributed by atoms with Gasteiger partial charge in [0, 0.05) is 4.47 Å². The lowest BCUT2D eigenvalue weighted by molar-refractivity contribution is 0.0593. The number of carbonyl (C=O) groups is 2. The summed E-state index contributed by atoms with van der Waals surface area (Å²) in [6.45, 7) is 0. The van der Waals surface area contributed by atoms with Crippen molar-refractivity contribution in [2.45, 2.75) is 0 Å². The van der Waals surface area contributed by atoms with E-state index in [1.165, 1.54) is 19.2 Å². The normalized spacial score (nSPS) is 10.4. The Morgan fingerprint density at radius 1 is 0.917 bits per heavy atom. The molecular weight excluding hydrogens is 374 g/mol. The number of aromatic nitrogens is 1. The van der Waals surface area contributed by atoms with Crippen LogP contribution in [-0.4, -0.2) is 24.0 Å². The molecule has 0 radical (unpaired) electrons. The largest absolute Gasteiger partial charge is 0.464 e. The quantitative estimate of drug-likeness (QED) is 0.503. The molecule has 0 saturated heterocycles. The highest BCUT2D eigenvalue weighted by Gasteiger charge is 2.14. The van der Waals surface area contributed by atoms with E-state index in [4.69, 9.17) is 4.74 Å². The predicted octanol–water partition coefficient (Wildman–Crippen LogP) is 4.00. The van der Waals surface area contributed by atoms with Gasteiger partial charge in [-0.2, -0.15) is 0 Å². The Hall–Kier alpha value is -2.73. The first-order valence-electron chi connectivity index (χ1n) is 7.04. The van der Waals surface area contributed by atoms with Gasteiger partial charge >= 0.3 is 11.9 Å². The fraction of sp³-hybridized carbons (Fsp3) is 0.0556. The van der Waals surface area contributed by atoms with Crippen molar-refractivity contribution >= 4 is 38.6 Å². The number of methoxy groups -OCH3 is 1. The maximum absolute atomic E-state index is 12.2. The van der Waals surface area contributed by atoms with Gasteiger partial charge in [-0.1, -0.05) is 34.1 Å². The summed E-state index contributed by atoms with van der Waals surface area (Å²) in [5, 5.41) is 1.97. The number of rotatable bonds is 3. The average molecular weight is 386 g/mol. The summed E-state index contributed by atoms with van der Waals surface area (Å²) in [4.78, 5) is 27.7. The van der Waals surface area contributed by atoms with E-state index in [0.29, 0.717) is 5.75 Å². The Labute approximate surface area is 146 Å². The van der Waals surface area contributed by atoms with Crippen LogP contribution in [0.1, 0.15) is 21.0 Å². The lowest BCUT2D eigenvalue weighted by Crippen LogP contribution is -2.13. The first-order valence-corrected chi connectivity index (χ1v) is 7.83. The first-order chi connectivity index (χ1) is 11.6. The van der Waals surface area contributed by atoms with E-state index in [1.54, 1.807) is 18.2 Å². The number of fused-ring (bicyclic) bond motifs is 1. The highest BCUT2D eigenvalue weighted by Crippen LogP contribution is 2.24. The average Bonchev–Trinajstić information content (AvgIpc) is 2.61. The van der Waals surface area contributed by atoms with E-state index in [0.717, 1.165) is 15.2 Å². The molecule has 0 amide bonds. The second-order valence-corrected chi connectivity index (χ2v) is 5.86. The molecule has 24 heavy (non-hydrogen) atoms. The van der Waals surface area contributed by atoms with Crippen LogP contribution in [-0.2, 0) is 4.74 Å². The molecule has 5 nitrogen and oxygen atoms in total. The zero-order valence-corrected chi connectivity index (χ0v) is 14.2. The number of hydrogen-bond donors (Lipinski definition) is 0. The summed E-state index contributed by atoms with van der Waals surface area (Å²) in [6.07, 6.45) is 0. The summed E-state index contributed by atoms with van der Waals surface area (Å²) in [7, 11) is 1.25. The van der Waals surface area contributed by atoms with E-state index in [9.17, 15) is 9.59 Å². The van der Waals surface area contributed by atoms with Crippen LogP contribution in [0.5, 0.6) is 5.75 Å². The molecule has 0 aliphatic heterocycles. The van der Waals surface area contributed by atoms with E-state index in [1.807, 2.05) is 24.3 Å². The van der Waals surface area contributed by atoms with Crippen LogP contribution in [0.15, 0.2) is 59.1 Å². The molecule has 2 aromatic carbocycles. The van der Waals surface area contributed by atoms with Gasteiger partial charge in [-0.15, -0.1) is 0 Å². The van der Waals surface area contributed by atoms with Crippen molar-refractivity contribution in [1.82, 2.24) is 4.98 Å². The Morgan fingerprint density at radius 3 is 2.33 bits per heavy atom. The highest BCUT2D eigenvalue weighted by atomic mass is 79.9. The van der Waals surface area contributed by atoms with E-state index < -0.39 is 11.9 Å². The maximum atomic E-state index is 12.2. The van der Waals surface area contributed by atoms with Gasteiger partial charge in [0.2, 0.25) is 0 Å². The van der Waals surface area contributed by atoms with Crippen LogP contribution in [0, 0.1) is 0 Å². The zero-order chi connectivity index (χ0) is 17.1. The number of nitrogens with zero attached hydrogens (tertiary/aromatic N) is 1. The van der Waals surface area contributed by atoms with Crippen molar-refractivity contribution in [2.24, 2.45) is 0 Å². The predicted molar refractivity (Wildman–Crippen MR) is 92.2 cm³/mol. The number of esters is 2. The molecule has 0 bridgehead atoms. The van der Waals surface area contributed by atoms with Crippen LogP contribution in [0.3, 0.4) is 0 Å². The van der Waals surface area contributed by atoms with E-state index >= 15 is 0 Å². The zero-order valence-electron chi connectivity index (χ0n) is 12.7. The standard InChI is InChI=1S/C18H12BrNO4/c1-23-17(21)15-3-2-4-16(20-15)18(22)24-14-8-6-11-9-13(19)7-5-12(11)10-14/h2-10H,1H3. The van der Waals surface area contributed by atoms with Crippen LogP contribution in [0.4, 0.5) is 0 Å². The van der Waals surface area contributed by atoms with Gasteiger partial charge in [0.25, 0.3) is 0 Å². The van der Waals surface area contributed by atoms with Crippen molar-refractivity contribution in [3.63, 3.8) is 0 Å². The SMILES string of the molecule is COC(=O)c1cccc(C(=O)Oc2ccc3cc(Br)ccc3c2)n1. The van der Waals surface area contributed by atoms with E-state index in [-0.39, 0.29) is 11.4 Å². The second-order valence-electron chi connectivity index (χ2n) is 4.94. The molecule has 0 N–H and O–H groups in total. The van der Waals surface area contributed by atoms with Crippen molar-refractivity contribution in [3.05, 3.63) is 70.5 Å². The van der Waals surface area contributed by atoms with Crippen LogP contribution in [0.25, 0.3) is 10.8 Å². The number of hydrogen-bond acceptors (Lipinski definition) is 5. The van der Waals surface area contributed by atoms with Crippen molar-refractivity contribution < 1.29 is 19.1 Å². The number of ether oxygens (including phenoxy) is 2. The van der Waals surface area contributed by atoms with Gasteiger partial charge in [-0.25, -0.2) is 14.6 Å².